The van der Waals surface area contributed by atoms with E-state index in [0.29, 0.717) is 5.88 Å². The van der Waals surface area contributed by atoms with Crippen molar-refractivity contribution in [2.24, 2.45) is 0 Å². The maximum Gasteiger partial charge on any atom is 0.234 e. The second kappa shape index (κ2) is 7.27. The summed E-state index contributed by atoms with van der Waals surface area (Å²) in [5.74, 6) is 1.57. The molecule has 0 aromatic carbocycles. The van der Waals surface area contributed by atoms with E-state index in [1.54, 1.807) is 6.20 Å². The summed E-state index contributed by atoms with van der Waals surface area (Å²) in [5.41, 5.74) is 0. The molecule has 0 unspecified atom stereocenters. The molecule has 5 nitrogen and oxygen atoms in total. The highest BCUT2D eigenvalue weighted by Crippen LogP contribution is 2.24. The molecule has 0 spiro atoms. The minimum absolute atomic E-state index is 0.132. The smallest absolute Gasteiger partial charge is 0.234 e. The van der Waals surface area contributed by atoms with Crippen LogP contribution in [0.3, 0.4) is 0 Å². The first kappa shape index (κ1) is 15.5. The van der Waals surface area contributed by atoms with Gasteiger partial charge < -0.3 is 9.64 Å². The van der Waals surface area contributed by atoms with Crippen molar-refractivity contribution in [2.75, 3.05) is 31.1 Å². The van der Waals surface area contributed by atoms with Gasteiger partial charge in [-0.2, -0.15) is 4.98 Å². The van der Waals surface area contributed by atoms with Gasteiger partial charge >= 0.3 is 0 Å². The van der Waals surface area contributed by atoms with Crippen molar-refractivity contribution in [3.05, 3.63) is 12.4 Å². The van der Waals surface area contributed by atoms with E-state index in [-0.39, 0.29) is 6.10 Å². The molecule has 0 amide bonds. The standard InChI is InChI=1S/C17H28N4O/c1-14(2)22-17-13-18-12-16(19-17)21-10-8-20(9-11-21)15-6-4-3-5-7-15/h12-15H,3-11H2,1-2H3. The lowest BCUT2D eigenvalue weighted by Crippen LogP contribution is -2.51. The summed E-state index contributed by atoms with van der Waals surface area (Å²) in [6.45, 7) is 8.38. The number of piperazine rings is 1. The van der Waals surface area contributed by atoms with Crippen LogP contribution in [0.25, 0.3) is 0 Å². The molecular formula is C17H28N4O. The predicted molar refractivity (Wildman–Crippen MR) is 88.5 cm³/mol. The number of anilines is 1. The van der Waals surface area contributed by atoms with Crippen LogP contribution in [-0.2, 0) is 0 Å². The van der Waals surface area contributed by atoms with Gasteiger partial charge in [0.2, 0.25) is 5.88 Å². The van der Waals surface area contributed by atoms with Gasteiger partial charge in [0, 0.05) is 32.2 Å². The van der Waals surface area contributed by atoms with E-state index < -0.39 is 0 Å². The average Bonchev–Trinajstić information content (AvgIpc) is 2.55. The summed E-state index contributed by atoms with van der Waals surface area (Å²) >= 11 is 0. The van der Waals surface area contributed by atoms with E-state index in [4.69, 9.17) is 4.74 Å². The molecule has 3 rings (SSSR count). The lowest BCUT2D eigenvalue weighted by Gasteiger charge is -2.41. The number of hydrogen-bond acceptors (Lipinski definition) is 5. The van der Waals surface area contributed by atoms with Crippen molar-refractivity contribution < 1.29 is 4.74 Å². The van der Waals surface area contributed by atoms with Crippen LogP contribution in [0.1, 0.15) is 46.0 Å². The number of rotatable bonds is 4. The first-order chi connectivity index (χ1) is 10.7. The van der Waals surface area contributed by atoms with Gasteiger partial charge in [-0.15, -0.1) is 0 Å². The highest BCUT2D eigenvalue weighted by atomic mass is 16.5. The number of aromatic nitrogens is 2. The summed E-state index contributed by atoms with van der Waals surface area (Å²) in [4.78, 5) is 13.9. The Bertz CT molecular complexity index is 465. The Labute approximate surface area is 133 Å². The van der Waals surface area contributed by atoms with Gasteiger partial charge in [0.05, 0.1) is 18.5 Å². The molecule has 0 bridgehead atoms. The lowest BCUT2D eigenvalue weighted by atomic mass is 9.94. The minimum Gasteiger partial charge on any atom is -0.474 e. The monoisotopic (exact) mass is 304 g/mol. The Balaban J connectivity index is 1.56. The average molecular weight is 304 g/mol. The van der Waals surface area contributed by atoms with Gasteiger partial charge in [0.1, 0.15) is 0 Å². The van der Waals surface area contributed by atoms with Crippen LogP contribution in [0.5, 0.6) is 5.88 Å². The molecule has 2 aliphatic rings. The maximum absolute atomic E-state index is 5.65. The molecule has 1 aromatic heterocycles. The fraction of sp³-hybridized carbons (Fsp3) is 0.765. The Morgan fingerprint density at radius 3 is 2.45 bits per heavy atom. The molecule has 5 heteroatoms. The van der Waals surface area contributed by atoms with Crippen LogP contribution in [0, 0.1) is 0 Å². The molecule has 1 saturated carbocycles. The normalized spacial score (nSPS) is 21.3. The van der Waals surface area contributed by atoms with Gasteiger partial charge in [-0.1, -0.05) is 19.3 Å². The first-order valence-electron chi connectivity index (χ1n) is 8.70. The molecule has 2 heterocycles. The van der Waals surface area contributed by atoms with Crippen molar-refractivity contribution in [1.29, 1.82) is 0 Å². The molecule has 122 valence electrons. The molecule has 0 atom stereocenters. The van der Waals surface area contributed by atoms with Crippen molar-refractivity contribution in [3.63, 3.8) is 0 Å². The Kier molecular flexibility index (Phi) is 5.13. The zero-order valence-corrected chi connectivity index (χ0v) is 13.9. The van der Waals surface area contributed by atoms with Crippen LogP contribution in [0.4, 0.5) is 5.82 Å². The van der Waals surface area contributed by atoms with E-state index in [9.17, 15) is 0 Å². The summed E-state index contributed by atoms with van der Waals surface area (Å²) in [5, 5.41) is 0. The molecule has 1 aliphatic heterocycles. The third-order valence-electron chi connectivity index (χ3n) is 4.69. The third-order valence-corrected chi connectivity index (χ3v) is 4.69. The van der Waals surface area contributed by atoms with Crippen molar-refractivity contribution >= 4 is 5.82 Å². The van der Waals surface area contributed by atoms with Crippen LogP contribution >= 0.6 is 0 Å². The molecule has 2 fully saturated rings. The molecule has 0 N–H and O–H groups in total. The Hall–Kier alpha value is -1.36. The van der Waals surface area contributed by atoms with Gasteiger partial charge in [-0.05, 0) is 26.7 Å². The quantitative estimate of drug-likeness (QED) is 0.855. The minimum atomic E-state index is 0.132. The summed E-state index contributed by atoms with van der Waals surface area (Å²) in [7, 11) is 0. The lowest BCUT2D eigenvalue weighted by molar-refractivity contribution is 0.147. The third kappa shape index (κ3) is 3.88. The second-order valence-electron chi connectivity index (χ2n) is 6.70. The Morgan fingerprint density at radius 1 is 1.05 bits per heavy atom. The van der Waals surface area contributed by atoms with E-state index in [1.165, 1.54) is 32.1 Å². The van der Waals surface area contributed by atoms with Crippen LogP contribution in [-0.4, -0.2) is 53.2 Å². The Morgan fingerprint density at radius 2 is 1.77 bits per heavy atom. The van der Waals surface area contributed by atoms with Crippen molar-refractivity contribution in [1.82, 2.24) is 14.9 Å². The molecule has 1 aliphatic carbocycles. The van der Waals surface area contributed by atoms with Gasteiger partial charge in [-0.25, -0.2) is 0 Å². The number of nitrogens with zero attached hydrogens (tertiary/aromatic N) is 4. The SMILES string of the molecule is CC(C)Oc1cncc(N2CCN(C3CCCCC3)CC2)n1. The predicted octanol–water partition coefficient (Wildman–Crippen LogP) is 2.72. The number of hydrogen-bond donors (Lipinski definition) is 0. The first-order valence-corrected chi connectivity index (χ1v) is 8.70. The fourth-order valence-corrected chi connectivity index (χ4v) is 3.55. The van der Waals surface area contributed by atoms with E-state index in [2.05, 4.69) is 19.8 Å². The van der Waals surface area contributed by atoms with Gasteiger partial charge in [0.15, 0.2) is 5.82 Å². The maximum atomic E-state index is 5.65. The van der Waals surface area contributed by atoms with E-state index in [0.717, 1.165) is 38.0 Å². The zero-order chi connectivity index (χ0) is 15.4. The topological polar surface area (TPSA) is 41.5 Å². The van der Waals surface area contributed by atoms with Crippen LogP contribution in [0.2, 0.25) is 0 Å². The van der Waals surface area contributed by atoms with Crippen LogP contribution < -0.4 is 9.64 Å². The summed E-state index contributed by atoms with van der Waals surface area (Å²) in [6.07, 6.45) is 10.7. The largest absolute Gasteiger partial charge is 0.474 e. The fourth-order valence-electron chi connectivity index (χ4n) is 3.55. The molecule has 22 heavy (non-hydrogen) atoms. The number of ether oxygens (including phenoxy) is 1. The highest BCUT2D eigenvalue weighted by molar-refractivity contribution is 5.38. The zero-order valence-electron chi connectivity index (χ0n) is 13.9. The highest BCUT2D eigenvalue weighted by Gasteiger charge is 2.25. The van der Waals surface area contributed by atoms with E-state index >= 15 is 0 Å². The molecule has 1 aromatic rings. The van der Waals surface area contributed by atoms with Gasteiger partial charge in [0.25, 0.3) is 0 Å². The van der Waals surface area contributed by atoms with Crippen molar-refractivity contribution in [3.8, 4) is 5.88 Å². The van der Waals surface area contributed by atoms with Crippen molar-refractivity contribution in [2.45, 2.75) is 58.1 Å². The van der Waals surface area contributed by atoms with E-state index in [1.807, 2.05) is 20.0 Å². The molecule has 0 radical (unpaired) electrons. The molecular weight excluding hydrogens is 276 g/mol. The van der Waals surface area contributed by atoms with Gasteiger partial charge in [-0.3, -0.25) is 9.88 Å². The molecule has 1 saturated heterocycles. The van der Waals surface area contributed by atoms with Crippen LogP contribution in [0.15, 0.2) is 12.4 Å². The second-order valence-corrected chi connectivity index (χ2v) is 6.70. The summed E-state index contributed by atoms with van der Waals surface area (Å²) in [6, 6.07) is 0.817. The summed E-state index contributed by atoms with van der Waals surface area (Å²) < 4.78 is 5.65.